The number of hydrogen-bond acceptors (Lipinski definition) is 2. The van der Waals surface area contributed by atoms with Gasteiger partial charge in [0.05, 0.1) is 16.8 Å². The number of pyridine rings is 2. The molecule has 3 nitrogen and oxygen atoms in total. The van der Waals surface area contributed by atoms with Gasteiger partial charge in [0.1, 0.15) is 5.02 Å². The molecule has 0 spiro atoms. The van der Waals surface area contributed by atoms with Crippen molar-refractivity contribution < 1.29 is 13.2 Å². The van der Waals surface area contributed by atoms with Crippen molar-refractivity contribution in [3.63, 3.8) is 0 Å². The van der Waals surface area contributed by atoms with Crippen LogP contribution >= 0.6 is 23.2 Å². The Morgan fingerprint density at radius 1 is 1.04 bits per heavy atom. The molecular formula is C19H13Cl2F3N2O. The van der Waals surface area contributed by atoms with E-state index < -0.39 is 11.7 Å². The van der Waals surface area contributed by atoms with Crippen molar-refractivity contribution >= 4 is 23.2 Å². The molecule has 27 heavy (non-hydrogen) atoms. The van der Waals surface area contributed by atoms with Crippen molar-refractivity contribution in [2.45, 2.75) is 20.0 Å². The molecule has 3 rings (SSSR count). The van der Waals surface area contributed by atoms with Crippen molar-refractivity contribution in [2.24, 2.45) is 0 Å². The maximum absolute atomic E-state index is 12.9. The molecule has 0 atom stereocenters. The fourth-order valence-electron chi connectivity index (χ4n) is 2.80. The van der Waals surface area contributed by atoms with Crippen molar-refractivity contribution in [3.8, 4) is 22.4 Å². The van der Waals surface area contributed by atoms with Gasteiger partial charge in [-0.3, -0.25) is 9.78 Å². The molecule has 0 fully saturated rings. The number of rotatable bonds is 2. The van der Waals surface area contributed by atoms with E-state index in [1.807, 2.05) is 0 Å². The molecule has 2 heterocycles. The van der Waals surface area contributed by atoms with Gasteiger partial charge in [-0.05, 0) is 38.1 Å². The lowest BCUT2D eigenvalue weighted by Crippen LogP contribution is -2.11. The topological polar surface area (TPSA) is 45.8 Å². The van der Waals surface area contributed by atoms with E-state index >= 15 is 0 Å². The Hall–Kier alpha value is -2.31. The number of benzene rings is 1. The Morgan fingerprint density at radius 3 is 2.33 bits per heavy atom. The van der Waals surface area contributed by atoms with Crippen LogP contribution in [0.15, 0.2) is 41.3 Å². The summed E-state index contributed by atoms with van der Waals surface area (Å²) in [4.78, 5) is 19.7. The Balaban J connectivity index is 2.08. The first-order valence-electron chi connectivity index (χ1n) is 7.82. The largest absolute Gasteiger partial charge is 0.416 e. The Kier molecular flexibility index (Phi) is 5.06. The molecule has 3 aromatic rings. The van der Waals surface area contributed by atoms with Crippen molar-refractivity contribution in [3.05, 3.63) is 73.7 Å². The standard InChI is InChI=1S/C19H13Cl2F3N2O/c1-9-16(18(27)17(21)10(2)26-9)11-3-6-15(25-8-11)13-7-12(19(22,23)24)4-5-14(13)20/h3-8H,1-2H3,(H,26,27). The molecule has 0 aliphatic heterocycles. The second-order valence-corrected chi connectivity index (χ2v) is 6.80. The van der Waals surface area contributed by atoms with Crippen LogP contribution < -0.4 is 5.43 Å². The van der Waals surface area contributed by atoms with Crippen LogP contribution in [0.1, 0.15) is 17.0 Å². The van der Waals surface area contributed by atoms with Gasteiger partial charge in [0.15, 0.2) is 0 Å². The first-order chi connectivity index (χ1) is 12.6. The van der Waals surface area contributed by atoms with Crippen LogP contribution in [0.5, 0.6) is 0 Å². The second-order valence-electron chi connectivity index (χ2n) is 6.02. The van der Waals surface area contributed by atoms with E-state index in [0.717, 1.165) is 12.1 Å². The molecule has 0 aliphatic rings. The highest BCUT2D eigenvalue weighted by Gasteiger charge is 2.31. The normalized spacial score (nSPS) is 11.7. The summed E-state index contributed by atoms with van der Waals surface area (Å²) in [5.41, 5.74) is 1.31. The predicted molar refractivity (Wildman–Crippen MR) is 100 cm³/mol. The van der Waals surface area contributed by atoms with Crippen LogP contribution in [-0.4, -0.2) is 9.97 Å². The number of halogens is 5. The molecule has 0 saturated heterocycles. The number of nitrogens with one attached hydrogen (secondary N) is 1. The molecule has 0 aliphatic carbocycles. The van der Waals surface area contributed by atoms with Gasteiger partial charge in [-0.1, -0.05) is 29.3 Å². The summed E-state index contributed by atoms with van der Waals surface area (Å²) in [6.07, 6.45) is -3.07. The fourth-order valence-corrected chi connectivity index (χ4v) is 3.15. The lowest BCUT2D eigenvalue weighted by Gasteiger charge is -2.11. The number of alkyl halides is 3. The minimum Gasteiger partial charge on any atom is -0.361 e. The number of nitrogens with zero attached hydrogens (tertiary/aromatic N) is 1. The number of H-pyrrole nitrogens is 1. The summed E-state index contributed by atoms with van der Waals surface area (Å²) in [6, 6.07) is 6.16. The number of aryl methyl sites for hydroxylation is 2. The summed E-state index contributed by atoms with van der Waals surface area (Å²) in [5.74, 6) is 0. The van der Waals surface area contributed by atoms with E-state index in [9.17, 15) is 18.0 Å². The highest BCUT2D eigenvalue weighted by molar-refractivity contribution is 6.33. The first-order valence-corrected chi connectivity index (χ1v) is 8.57. The van der Waals surface area contributed by atoms with Crippen molar-refractivity contribution in [1.82, 2.24) is 9.97 Å². The quantitative estimate of drug-likeness (QED) is 0.556. The van der Waals surface area contributed by atoms with Crippen LogP contribution in [0.3, 0.4) is 0 Å². The third-order valence-electron chi connectivity index (χ3n) is 4.13. The molecule has 0 unspecified atom stereocenters. The zero-order valence-corrected chi connectivity index (χ0v) is 15.7. The van der Waals surface area contributed by atoms with E-state index in [1.54, 1.807) is 19.9 Å². The lowest BCUT2D eigenvalue weighted by atomic mass is 10.0. The maximum Gasteiger partial charge on any atom is 0.416 e. The van der Waals surface area contributed by atoms with E-state index in [1.165, 1.54) is 18.3 Å². The van der Waals surface area contributed by atoms with Gasteiger partial charge in [0.2, 0.25) is 5.43 Å². The molecule has 0 amide bonds. The van der Waals surface area contributed by atoms with Crippen LogP contribution in [-0.2, 0) is 6.18 Å². The van der Waals surface area contributed by atoms with Gasteiger partial charge in [-0.15, -0.1) is 0 Å². The third-order valence-corrected chi connectivity index (χ3v) is 4.91. The van der Waals surface area contributed by atoms with Gasteiger partial charge in [-0.25, -0.2) is 0 Å². The monoisotopic (exact) mass is 412 g/mol. The molecule has 0 bridgehead atoms. The molecule has 1 N–H and O–H groups in total. The number of hydrogen-bond donors (Lipinski definition) is 1. The van der Waals surface area contributed by atoms with Gasteiger partial charge < -0.3 is 4.98 Å². The highest BCUT2D eigenvalue weighted by Crippen LogP contribution is 2.35. The summed E-state index contributed by atoms with van der Waals surface area (Å²) < 4.78 is 38.8. The van der Waals surface area contributed by atoms with Crippen LogP contribution in [0, 0.1) is 13.8 Å². The lowest BCUT2D eigenvalue weighted by molar-refractivity contribution is -0.137. The second kappa shape index (κ2) is 7.02. The SMILES string of the molecule is Cc1[nH]c(C)c(-c2ccc(-c3cc(C(F)(F)F)ccc3Cl)nc2)c(=O)c1Cl. The molecule has 8 heteroatoms. The van der Waals surface area contributed by atoms with Crippen LogP contribution in [0.4, 0.5) is 13.2 Å². The van der Waals surface area contributed by atoms with Crippen molar-refractivity contribution in [2.75, 3.05) is 0 Å². The Bertz CT molecular complexity index is 1070. The van der Waals surface area contributed by atoms with Gasteiger partial charge in [0.25, 0.3) is 0 Å². The number of aromatic amines is 1. The van der Waals surface area contributed by atoms with E-state index in [4.69, 9.17) is 23.2 Å². The smallest absolute Gasteiger partial charge is 0.361 e. The Labute approximate surface area is 162 Å². The molecule has 140 valence electrons. The van der Waals surface area contributed by atoms with Crippen LogP contribution in [0.2, 0.25) is 10.0 Å². The van der Waals surface area contributed by atoms with Gasteiger partial charge in [-0.2, -0.15) is 13.2 Å². The van der Waals surface area contributed by atoms with E-state index in [2.05, 4.69) is 9.97 Å². The first kappa shape index (κ1) is 19.5. The minimum atomic E-state index is -4.48. The maximum atomic E-state index is 12.9. The highest BCUT2D eigenvalue weighted by atomic mass is 35.5. The van der Waals surface area contributed by atoms with Crippen molar-refractivity contribution in [1.29, 1.82) is 0 Å². The molecule has 0 radical (unpaired) electrons. The van der Waals surface area contributed by atoms with E-state index in [0.29, 0.717) is 22.5 Å². The molecule has 0 saturated carbocycles. The molecular weight excluding hydrogens is 400 g/mol. The van der Waals surface area contributed by atoms with Crippen LogP contribution in [0.25, 0.3) is 22.4 Å². The average molecular weight is 413 g/mol. The summed E-state index contributed by atoms with van der Waals surface area (Å²) in [6.45, 7) is 3.43. The average Bonchev–Trinajstić information content (AvgIpc) is 2.60. The number of aromatic nitrogens is 2. The minimum absolute atomic E-state index is 0.0839. The van der Waals surface area contributed by atoms with E-state index in [-0.39, 0.29) is 26.7 Å². The summed E-state index contributed by atoms with van der Waals surface area (Å²) in [7, 11) is 0. The zero-order valence-electron chi connectivity index (χ0n) is 14.2. The fraction of sp³-hybridized carbons (Fsp3) is 0.158. The molecule has 2 aromatic heterocycles. The third kappa shape index (κ3) is 3.73. The Morgan fingerprint density at radius 2 is 1.74 bits per heavy atom. The zero-order chi connectivity index (χ0) is 19.9. The predicted octanol–water partition coefficient (Wildman–Crippen LogP) is 6.05. The van der Waals surface area contributed by atoms with Gasteiger partial charge in [0, 0.05) is 33.7 Å². The molecule has 1 aromatic carbocycles. The van der Waals surface area contributed by atoms with Gasteiger partial charge >= 0.3 is 6.18 Å². The summed E-state index contributed by atoms with van der Waals surface area (Å²) in [5, 5.41) is 0.233. The summed E-state index contributed by atoms with van der Waals surface area (Å²) >= 11 is 12.1.